The van der Waals surface area contributed by atoms with Gasteiger partial charge in [0.2, 0.25) is 0 Å². The molecule has 33 heavy (non-hydrogen) atoms. The fraction of sp³-hybridized carbons (Fsp3) is 0.167. The zero-order valence-electron chi connectivity index (χ0n) is 17.7. The van der Waals surface area contributed by atoms with E-state index in [2.05, 4.69) is 0 Å². The number of para-hydroxylation sites is 1. The average Bonchev–Trinajstić information content (AvgIpc) is 3.40. The zero-order chi connectivity index (χ0) is 23.7. The van der Waals surface area contributed by atoms with E-state index in [9.17, 15) is 14.7 Å². The van der Waals surface area contributed by atoms with Gasteiger partial charge >= 0.3 is 0 Å². The number of hydrogen-bond acceptors (Lipinski definition) is 6. The van der Waals surface area contributed by atoms with Crippen LogP contribution in [0.2, 0.25) is 10.0 Å². The Hall–Kier alpha value is -3.00. The molecule has 1 aromatic heterocycles. The van der Waals surface area contributed by atoms with Crippen molar-refractivity contribution >= 4 is 52.0 Å². The molecule has 1 aliphatic heterocycles. The first-order valence-electron chi connectivity index (χ1n) is 9.84. The van der Waals surface area contributed by atoms with Crippen LogP contribution in [0.4, 0.5) is 0 Å². The minimum atomic E-state index is -0.872. The molecule has 0 spiro atoms. The molecule has 1 amide bonds. The van der Waals surface area contributed by atoms with E-state index in [1.54, 1.807) is 24.3 Å². The predicted octanol–water partition coefficient (Wildman–Crippen LogP) is 5.69. The summed E-state index contributed by atoms with van der Waals surface area (Å²) >= 11 is 14.0. The highest BCUT2D eigenvalue weighted by Crippen LogP contribution is 2.44. The SMILES string of the molecule is COc1ccccc1C1/C(=C(\O)c2cc(Cl)c(OC)c(Cl)c2)C(=O)C(=O)N1Cc1cccs1. The second kappa shape index (κ2) is 9.47. The molecular weight excluding hydrogens is 485 g/mol. The first-order chi connectivity index (χ1) is 15.9. The zero-order valence-corrected chi connectivity index (χ0v) is 20.0. The van der Waals surface area contributed by atoms with Crippen LogP contribution in [0.15, 0.2) is 59.5 Å². The van der Waals surface area contributed by atoms with Gasteiger partial charge in [0.25, 0.3) is 11.7 Å². The van der Waals surface area contributed by atoms with Gasteiger partial charge in [-0.2, -0.15) is 0 Å². The average molecular weight is 504 g/mol. The van der Waals surface area contributed by atoms with E-state index < -0.39 is 17.7 Å². The van der Waals surface area contributed by atoms with Crippen molar-refractivity contribution in [3.8, 4) is 11.5 Å². The van der Waals surface area contributed by atoms with Crippen molar-refractivity contribution in [1.29, 1.82) is 0 Å². The minimum Gasteiger partial charge on any atom is -0.507 e. The molecule has 1 N–H and O–H groups in total. The van der Waals surface area contributed by atoms with Crippen LogP contribution < -0.4 is 9.47 Å². The molecule has 1 aliphatic rings. The standard InChI is InChI=1S/C24H19Cl2NO5S/c1-31-18-8-4-3-7-15(18)20-19(21(28)13-10-16(25)23(32-2)17(26)11-13)22(29)24(30)27(20)12-14-6-5-9-33-14/h3-11,20,28H,12H2,1-2H3/b21-19+. The lowest BCUT2D eigenvalue weighted by Crippen LogP contribution is -2.29. The summed E-state index contributed by atoms with van der Waals surface area (Å²) in [6.45, 7) is 0.200. The van der Waals surface area contributed by atoms with Crippen molar-refractivity contribution in [2.45, 2.75) is 12.6 Å². The van der Waals surface area contributed by atoms with E-state index >= 15 is 0 Å². The smallest absolute Gasteiger partial charge is 0.295 e. The summed E-state index contributed by atoms with van der Waals surface area (Å²) in [6.07, 6.45) is 0. The van der Waals surface area contributed by atoms with Crippen LogP contribution in [0, 0.1) is 0 Å². The van der Waals surface area contributed by atoms with Crippen molar-refractivity contribution < 1.29 is 24.2 Å². The van der Waals surface area contributed by atoms with Gasteiger partial charge in [-0.05, 0) is 29.6 Å². The molecule has 0 saturated carbocycles. The van der Waals surface area contributed by atoms with Crippen LogP contribution in [-0.2, 0) is 16.1 Å². The molecule has 2 aromatic carbocycles. The number of aliphatic hydroxyl groups excluding tert-OH is 1. The van der Waals surface area contributed by atoms with Crippen molar-refractivity contribution in [2.75, 3.05) is 14.2 Å². The monoisotopic (exact) mass is 503 g/mol. The molecule has 3 aromatic rings. The normalized spacial score (nSPS) is 17.5. The number of ether oxygens (including phenoxy) is 2. The first kappa shape index (κ1) is 23.2. The van der Waals surface area contributed by atoms with Crippen LogP contribution >= 0.6 is 34.5 Å². The lowest BCUT2D eigenvalue weighted by atomic mass is 9.94. The summed E-state index contributed by atoms with van der Waals surface area (Å²) in [6, 6.07) is 12.8. The number of amides is 1. The summed E-state index contributed by atoms with van der Waals surface area (Å²) < 4.78 is 10.7. The largest absolute Gasteiger partial charge is 0.507 e. The molecular formula is C24H19Cl2NO5S. The Morgan fingerprint density at radius 2 is 1.76 bits per heavy atom. The highest BCUT2D eigenvalue weighted by Gasteiger charge is 2.47. The second-order valence-electron chi connectivity index (χ2n) is 7.22. The van der Waals surface area contributed by atoms with Crippen molar-refractivity contribution in [1.82, 2.24) is 4.90 Å². The second-order valence-corrected chi connectivity index (χ2v) is 9.07. The predicted molar refractivity (Wildman–Crippen MR) is 128 cm³/mol. The summed E-state index contributed by atoms with van der Waals surface area (Å²) in [5, 5.41) is 13.5. The molecule has 0 radical (unpaired) electrons. The molecule has 6 nitrogen and oxygen atoms in total. The van der Waals surface area contributed by atoms with E-state index in [0.29, 0.717) is 11.3 Å². The Morgan fingerprint density at radius 3 is 2.36 bits per heavy atom. The molecule has 1 unspecified atom stereocenters. The molecule has 1 saturated heterocycles. The summed E-state index contributed by atoms with van der Waals surface area (Å²) in [5.74, 6) is -1.18. The number of thiophene rings is 1. The fourth-order valence-electron chi connectivity index (χ4n) is 3.88. The van der Waals surface area contributed by atoms with Gasteiger partial charge in [0.1, 0.15) is 11.5 Å². The van der Waals surface area contributed by atoms with E-state index in [4.69, 9.17) is 32.7 Å². The number of rotatable bonds is 6. The van der Waals surface area contributed by atoms with Crippen LogP contribution in [0.5, 0.6) is 11.5 Å². The van der Waals surface area contributed by atoms with Crippen molar-refractivity contribution in [2.24, 2.45) is 0 Å². The third-order valence-electron chi connectivity index (χ3n) is 5.36. The maximum Gasteiger partial charge on any atom is 0.295 e. The third kappa shape index (κ3) is 4.19. The Morgan fingerprint density at radius 1 is 1.06 bits per heavy atom. The van der Waals surface area contributed by atoms with Crippen LogP contribution in [0.3, 0.4) is 0 Å². The number of nitrogens with zero attached hydrogens (tertiary/aromatic N) is 1. The Bertz CT molecular complexity index is 1230. The number of Topliss-reactive ketones (excluding diaryl/α,β-unsaturated/α-hetero) is 1. The third-order valence-corrected chi connectivity index (χ3v) is 6.78. The highest BCUT2D eigenvalue weighted by atomic mass is 35.5. The molecule has 1 fully saturated rings. The van der Waals surface area contributed by atoms with E-state index in [1.165, 1.54) is 42.6 Å². The van der Waals surface area contributed by atoms with E-state index in [0.717, 1.165) is 4.88 Å². The Labute approximate surface area is 204 Å². The minimum absolute atomic E-state index is 0.0710. The number of halogens is 2. The number of hydrogen-bond donors (Lipinski definition) is 1. The number of methoxy groups -OCH3 is 2. The maximum absolute atomic E-state index is 13.2. The molecule has 1 atom stereocenters. The summed E-state index contributed by atoms with van der Waals surface area (Å²) in [4.78, 5) is 28.6. The molecule has 4 rings (SSSR count). The topological polar surface area (TPSA) is 76.1 Å². The number of benzene rings is 2. The lowest BCUT2D eigenvalue weighted by molar-refractivity contribution is -0.140. The van der Waals surface area contributed by atoms with Gasteiger partial charge in [0.05, 0.1) is 42.4 Å². The van der Waals surface area contributed by atoms with Crippen molar-refractivity contribution in [3.05, 3.63) is 85.5 Å². The number of carbonyl (C=O) groups excluding carboxylic acids is 2. The molecule has 2 heterocycles. The molecule has 170 valence electrons. The Balaban J connectivity index is 1.93. The van der Waals surface area contributed by atoms with Gasteiger partial charge in [0, 0.05) is 16.0 Å². The molecule has 0 bridgehead atoms. The maximum atomic E-state index is 13.2. The Kier molecular flexibility index (Phi) is 6.65. The van der Waals surface area contributed by atoms with Gasteiger partial charge in [-0.1, -0.05) is 47.5 Å². The quantitative estimate of drug-likeness (QED) is 0.265. The van der Waals surface area contributed by atoms with E-state index in [1.807, 2.05) is 17.5 Å². The van der Waals surface area contributed by atoms with Gasteiger partial charge < -0.3 is 19.5 Å². The molecule has 0 aliphatic carbocycles. The lowest BCUT2D eigenvalue weighted by Gasteiger charge is -2.26. The fourth-order valence-corrected chi connectivity index (χ4v) is 5.22. The van der Waals surface area contributed by atoms with Crippen LogP contribution in [-0.4, -0.2) is 35.9 Å². The summed E-state index contributed by atoms with van der Waals surface area (Å²) in [5.41, 5.74) is 0.696. The highest BCUT2D eigenvalue weighted by molar-refractivity contribution is 7.09. The van der Waals surface area contributed by atoms with Crippen molar-refractivity contribution in [3.63, 3.8) is 0 Å². The number of carbonyl (C=O) groups is 2. The number of ketones is 1. The van der Waals surface area contributed by atoms with Gasteiger partial charge in [-0.15, -0.1) is 11.3 Å². The number of aliphatic hydroxyl groups is 1. The van der Waals surface area contributed by atoms with E-state index in [-0.39, 0.29) is 39.2 Å². The molecule has 9 heteroatoms. The van der Waals surface area contributed by atoms with Crippen LogP contribution in [0.1, 0.15) is 22.0 Å². The number of likely N-dealkylation sites (tertiary alicyclic amines) is 1. The first-order valence-corrected chi connectivity index (χ1v) is 11.5. The van der Waals surface area contributed by atoms with Gasteiger partial charge in [-0.3, -0.25) is 9.59 Å². The summed E-state index contributed by atoms with van der Waals surface area (Å²) in [7, 11) is 2.93. The van der Waals surface area contributed by atoms with Crippen LogP contribution in [0.25, 0.3) is 5.76 Å². The van der Waals surface area contributed by atoms with Gasteiger partial charge in [-0.25, -0.2) is 0 Å². The van der Waals surface area contributed by atoms with Gasteiger partial charge in [0.15, 0.2) is 5.75 Å².